The van der Waals surface area contributed by atoms with Gasteiger partial charge in [0.05, 0.1) is 24.0 Å². The highest BCUT2D eigenvalue weighted by molar-refractivity contribution is 7.91. The van der Waals surface area contributed by atoms with E-state index >= 15 is 0 Å². The zero-order chi connectivity index (χ0) is 18.4. The molecule has 1 aliphatic heterocycles. The number of amides is 2. The highest BCUT2D eigenvalue weighted by atomic mass is 32.2. The van der Waals surface area contributed by atoms with Gasteiger partial charge in [-0.15, -0.1) is 0 Å². The van der Waals surface area contributed by atoms with E-state index in [-0.39, 0.29) is 42.5 Å². The van der Waals surface area contributed by atoms with Crippen LogP contribution in [0, 0.1) is 0 Å². The van der Waals surface area contributed by atoms with Crippen molar-refractivity contribution in [2.75, 3.05) is 31.1 Å². The number of nitrogens with one attached hydrogen (secondary N) is 1. The van der Waals surface area contributed by atoms with E-state index in [1.54, 1.807) is 6.92 Å². The molecule has 1 aromatic carbocycles. The van der Waals surface area contributed by atoms with Gasteiger partial charge in [0.2, 0.25) is 11.8 Å². The van der Waals surface area contributed by atoms with Crippen molar-refractivity contribution in [3.05, 3.63) is 35.9 Å². The Hall–Kier alpha value is -1.93. The molecule has 0 spiro atoms. The maximum atomic E-state index is 12.8. The van der Waals surface area contributed by atoms with Crippen LogP contribution < -0.4 is 11.1 Å². The van der Waals surface area contributed by atoms with Gasteiger partial charge in [0, 0.05) is 19.1 Å². The van der Waals surface area contributed by atoms with Crippen LogP contribution in [0.2, 0.25) is 0 Å². The molecule has 1 aliphatic rings. The van der Waals surface area contributed by atoms with Gasteiger partial charge in [0.1, 0.15) is 0 Å². The van der Waals surface area contributed by atoms with Crippen molar-refractivity contribution in [2.45, 2.75) is 25.3 Å². The highest BCUT2D eigenvalue weighted by Gasteiger charge is 2.30. The number of hydrogen-bond acceptors (Lipinski definition) is 5. The number of nitrogens with two attached hydrogens (primary N) is 1. The molecule has 0 saturated carbocycles. The van der Waals surface area contributed by atoms with E-state index in [2.05, 4.69) is 5.32 Å². The monoisotopic (exact) mass is 367 g/mol. The Balaban J connectivity index is 1.98. The Labute approximate surface area is 148 Å². The summed E-state index contributed by atoms with van der Waals surface area (Å²) in [4.78, 5) is 26.4. The summed E-state index contributed by atoms with van der Waals surface area (Å²) in [7, 11) is -3.06. The molecule has 7 nitrogen and oxygen atoms in total. The van der Waals surface area contributed by atoms with Crippen molar-refractivity contribution in [2.24, 2.45) is 5.73 Å². The summed E-state index contributed by atoms with van der Waals surface area (Å²) in [6.45, 7) is 2.22. The van der Waals surface area contributed by atoms with E-state index in [1.165, 1.54) is 4.90 Å². The van der Waals surface area contributed by atoms with Crippen LogP contribution in [0.5, 0.6) is 0 Å². The van der Waals surface area contributed by atoms with Crippen molar-refractivity contribution in [3.8, 4) is 0 Å². The second kappa shape index (κ2) is 8.44. The molecule has 0 aliphatic carbocycles. The van der Waals surface area contributed by atoms with E-state index in [0.717, 1.165) is 5.56 Å². The Morgan fingerprint density at radius 1 is 1.32 bits per heavy atom. The van der Waals surface area contributed by atoms with Crippen LogP contribution in [0.4, 0.5) is 0 Å². The van der Waals surface area contributed by atoms with Crippen LogP contribution in [-0.4, -0.2) is 62.3 Å². The second-order valence-electron chi connectivity index (χ2n) is 6.22. The minimum atomic E-state index is -3.06. The molecule has 0 aromatic heterocycles. The summed E-state index contributed by atoms with van der Waals surface area (Å²) in [5.74, 6) is -0.987. The van der Waals surface area contributed by atoms with E-state index in [0.29, 0.717) is 13.0 Å². The minimum absolute atomic E-state index is 0.0335. The lowest BCUT2D eigenvalue weighted by molar-refractivity contribution is -0.137. The summed E-state index contributed by atoms with van der Waals surface area (Å²) in [5, 5.41) is 2.71. The lowest BCUT2D eigenvalue weighted by Gasteiger charge is -2.26. The third-order valence-electron chi connectivity index (χ3n) is 4.36. The van der Waals surface area contributed by atoms with Crippen LogP contribution in [0.1, 0.15) is 24.8 Å². The standard InChI is InChI=1S/C17H25N3O4S/c1-2-20(11-16(21)19-14-8-9-25(23,24)12-14)17(22)15(10-18)13-6-4-3-5-7-13/h3-7,14-15H,2,8-12,18H2,1H3,(H,19,21). The van der Waals surface area contributed by atoms with Gasteiger partial charge in [-0.2, -0.15) is 0 Å². The largest absolute Gasteiger partial charge is 0.351 e. The molecule has 2 atom stereocenters. The Morgan fingerprint density at radius 3 is 2.52 bits per heavy atom. The number of carbonyl (C=O) groups is 2. The summed E-state index contributed by atoms with van der Waals surface area (Å²) < 4.78 is 22.9. The average molecular weight is 367 g/mol. The lowest BCUT2D eigenvalue weighted by atomic mass is 9.97. The highest BCUT2D eigenvalue weighted by Crippen LogP contribution is 2.17. The Bertz CT molecular complexity index is 706. The molecule has 25 heavy (non-hydrogen) atoms. The topological polar surface area (TPSA) is 110 Å². The molecule has 3 N–H and O–H groups in total. The van der Waals surface area contributed by atoms with E-state index < -0.39 is 15.8 Å². The number of nitrogens with zero attached hydrogens (tertiary/aromatic N) is 1. The van der Waals surface area contributed by atoms with Crippen LogP contribution >= 0.6 is 0 Å². The molecule has 1 saturated heterocycles. The zero-order valence-corrected chi connectivity index (χ0v) is 15.2. The van der Waals surface area contributed by atoms with Gasteiger partial charge < -0.3 is 16.0 Å². The predicted molar refractivity (Wildman–Crippen MR) is 95.7 cm³/mol. The van der Waals surface area contributed by atoms with Crippen LogP contribution in [0.3, 0.4) is 0 Å². The first kappa shape index (κ1) is 19.4. The molecule has 1 aromatic rings. The van der Waals surface area contributed by atoms with Crippen LogP contribution in [0.25, 0.3) is 0 Å². The molecular weight excluding hydrogens is 342 g/mol. The summed E-state index contributed by atoms with van der Waals surface area (Å²) in [5.41, 5.74) is 6.59. The lowest BCUT2D eigenvalue weighted by Crippen LogP contribution is -2.46. The first-order valence-electron chi connectivity index (χ1n) is 8.40. The maximum absolute atomic E-state index is 12.8. The fourth-order valence-corrected chi connectivity index (χ4v) is 4.66. The molecule has 2 rings (SSSR count). The molecule has 0 radical (unpaired) electrons. The molecule has 138 valence electrons. The SMILES string of the molecule is CCN(CC(=O)NC1CCS(=O)(=O)C1)C(=O)C(CN)c1ccccc1. The molecule has 8 heteroatoms. The van der Waals surface area contributed by atoms with Crippen molar-refractivity contribution in [1.82, 2.24) is 10.2 Å². The Kier molecular flexibility index (Phi) is 6.55. The molecule has 2 unspecified atom stereocenters. The zero-order valence-electron chi connectivity index (χ0n) is 14.3. The maximum Gasteiger partial charge on any atom is 0.239 e. The number of likely N-dealkylation sites (N-methyl/N-ethyl adjacent to an activating group) is 1. The fourth-order valence-electron chi connectivity index (χ4n) is 2.99. The quantitative estimate of drug-likeness (QED) is 0.698. The molecular formula is C17H25N3O4S. The van der Waals surface area contributed by atoms with E-state index in [9.17, 15) is 18.0 Å². The fraction of sp³-hybridized carbons (Fsp3) is 0.529. The second-order valence-corrected chi connectivity index (χ2v) is 8.45. The third kappa shape index (κ3) is 5.27. The summed E-state index contributed by atoms with van der Waals surface area (Å²) in [6, 6.07) is 8.86. The Morgan fingerprint density at radius 2 is 2.00 bits per heavy atom. The van der Waals surface area contributed by atoms with Crippen LogP contribution in [-0.2, 0) is 19.4 Å². The molecule has 0 bridgehead atoms. The first-order chi connectivity index (χ1) is 11.9. The van der Waals surface area contributed by atoms with Crippen molar-refractivity contribution in [3.63, 3.8) is 0 Å². The molecule has 2 amide bonds. The van der Waals surface area contributed by atoms with Crippen molar-refractivity contribution >= 4 is 21.7 Å². The smallest absolute Gasteiger partial charge is 0.239 e. The number of benzene rings is 1. The van der Waals surface area contributed by atoms with Gasteiger partial charge in [-0.1, -0.05) is 30.3 Å². The molecule has 1 heterocycles. The van der Waals surface area contributed by atoms with E-state index in [4.69, 9.17) is 5.73 Å². The number of hydrogen-bond donors (Lipinski definition) is 2. The summed E-state index contributed by atoms with van der Waals surface area (Å²) in [6.07, 6.45) is 0.420. The van der Waals surface area contributed by atoms with Gasteiger partial charge in [-0.25, -0.2) is 8.42 Å². The van der Waals surface area contributed by atoms with Gasteiger partial charge in [-0.05, 0) is 18.9 Å². The van der Waals surface area contributed by atoms with Crippen molar-refractivity contribution in [1.29, 1.82) is 0 Å². The third-order valence-corrected chi connectivity index (χ3v) is 6.13. The average Bonchev–Trinajstić information content (AvgIpc) is 2.92. The number of carbonyl (C=O) groups excluding carboxylic acids is 2. The number of sulfone groups is 1. The van der Waals surface area contributed by atoms with Gasteiger partial charge >= 0.3 is 0 Å². The minimum Gasteiger partial charge on any atom is -0.351 e. The normalized spacial score (nSPS) is 20.0. The van der Waals surface area contributed by atoms with E-state index in [1.807, 2.05) is 30.3 Å². The van der Waals surface area contributed by atoms with Crippen LogP contribution in [0.15, 0.2) is 30.3 Å². The van der Waals surface area contributed by atoms with Gasteiger partial charge in [-0.3, -0.25) is 9.59 Å². The number of rotatable bonds is 7. The predicted octanol–water partition coefficient (Wildman–Crippen LogP) is -0.119. The van der Waals surface area contributed by atoms with Gasteiger partial charge in [0.15, 0.2) is 9.84 Å². The molecule has 1 fully saturated rings. The van der Waals surface area contributed by atoms with Crippen molar-refractivity contribution < 1.29 is 18.0 Å². The first-order valence-corrected chi connectivity index (χ1v) is 10.2. The van der Waals surface area contributed by atoms with Gasteiger partial charge in [0.25, 0.3) is 0 Å². The summed E-state index contributed by atoms with van der Waals surface area (Å²) >= 11 is 0.